The number of carbonyl (C=O) groups is 1. The molecule has 2 aromatic heterocycles. The van der Waals surface area contributed by atoms with Gasteiger partial charge in [-0.05, 0) is 35.9 Å². The van der Waals surface area contributed by atoms with Gasteiger partial charge in [0, 0.05) is 36.4 Å². The van der Waals surface area contributed by atoms with E-state index in [4.69, 9.17) is 0 Å². The number of hydrogen-bond acceptors (Lipinski definition) is 5. The van der Waals surface area contributed by atoms with Crippen molar-refractivity contribution in [3.63, 3.8) is 0 Å². The van der Waals surface area contributed by atoms with Crippen LogP contribution in [0.1, 0.15) is 21.5 Å². The summed E-state index contributed by atoms with van der Waals surface area (Å²) in [6, 6.07) is 18.6. The molecule has 0 atom stereocenters. The van der Waals surface area contributed by atoms with Crippen molar-refractivity contribution in [2.45, 2.75) is 12.6 Å². The van der Waals surface area contributed by atoms with Crippen molar-refractivity contribution < 1.29 is 9.18 Å². The van der Waals surface area contributed by atoms with E-state index in [9.17, 15) is 19.2 Å². The molecule has 5 rings (SSSR count). The first kappa shape index (κ1) is 21.3. The highest BCUT2D eigenvalue weighted by atomic mass is 19.1. The molecule has 1 aliphatic rings. The number of para-hydroxylation sites is 1. The second-order valence-electron chi connectivity index (χ2n) is 8.18. The smallest absolute Gasteiger partial charge is 0.271 e. The molecule has 0 aliphatic carbocycles. The molecule has 168 valence electrons. The van der Waals surface area contributed by atoms with Gasteiger partial charge in [0.2, 0.25) is 0 Å². The number of hydrogen-bond donors (Lipinski definition) is 1. The van der Waals surface area contributed by atoms with Gasteiger partial charge in [0.15, 0.2) is 0 Å². The van der Waals surface area contributed by atoms with E-state index in [2.05, 4.69) is 16.4 Å². The van der Waals surface area contributed by atoms with Crippen LogP contribution in [-0.2, 0) is 6.54 Å². The molecule has 1 amide bonds. The van der Waals surface area contributed by atoms with Gasteiger partial charge in [0.05, 0.1) is 23.8 Å². The van der Waals surface area contributed by atoms with E-state index in [0.29, 0.717) is 29.9 Å². The molecule has 1 aliphatic heterocycles. The van der Waals surface area contributed by atoms with E-state index in [1.165, 1.54) is 16.7 Å². The highest BCUT2D eigenvalue weighted by Gasteiger charge is 2.32. The second kappa shape index (κ2) is 8.79. The van der Waals surface area contributed by atoms with Crippen LogP contribution in [-0.4, -0.2) is 39.5 Å². The molecule has 4 aromatic rings. The first-order valence-electron chi connectivity index (χ1n) is 10.8. The molecule has 0 saturated carbocycles. The van der Waals surface area contributed by atoms with Crippen LogP contribution in [0.5, 0.6) is 0 Å². The Labute approximate surface area is 194 Å². The first-order valence-corrected chi connectivity index (χ1v) is 10.8. The molecule has 0 radical (unpaired) electrons. The summed E-state index contributed by atoms with van der Waals surface area (Å²) in [6.07, 6.45) is 3.16. The maximum atomic E-state index is 13.3. The molecule has 1 fully saturated rings. The van der Waals surface area contributed by atoms with Crippen LogP contribution in [0, 0.1) is 17.1 Å². The molecule has 0 unspecified atom stereocenters. The molecule has 8 heteroatoms. The monoisotopic (exact) mass is 453 g/mol. The number of halogens is 1. The Bertz CT molecular complexity index is 1470. The van der Waals surface area contributed by atoms with Gasteiger partial charge in [-0.25, -0.2) is 4.39 Å². The summed E-state index contributed by atoms with van der Waals surface area (Å²) in [7, 11) is 0. The van der Waals surface area contributed by atoms with E-state index in [-0.39, 0.29) is 29.9 Å². The number of fused-ring (bicyclic) bond motifs is 1. The minimum Gasteiger partial charge on any atom is -0.377 e. The second-order valence-corrected chi connectivity index (χ2v) is 8.18. The van der Waals surface area contributed by atoms with E-state index < -0.39 is 5.56 Å². The van der Waals surface area contributed by atoms with Crippen molar-refractivity contribution in [3.05, 3.63) is 106 Å². The van der Waals surface area contributed by atoms with Crippen molar-refractivity contribution in [2.75, 3.05) is 18.4 Å². The highest BCUT2D eigenvalue weighted by Crippen LogP contribution is 2.28. The zero-order valence-corrected chi connectivity index (χ0v) is 18.1. The van der Waals surface area contributed by atoms with Crippen molar-refractivity contribution in [1.82, 2.24) is 14.5 Å². The number of likely N-dealkylation sites (tertiary alicyclic amines) is 1. The van der Waals surface area contributed by atoms with Crippen molar-refractivity contribution in [3.8, 4) is 6.07 Å². The Balaban J connectivity index is 1.45. The number of amides is 1. The van der Waals surface area contributed by atoms with Gasteiger partial charge in [-0.15, -0.1) is 0 Å². The number of carbonyl (C=O) groups excluding carboxylic acids is 1. The van der Waals surface area contributed by atoms with Gasteiger partial charge < -0.3 is 14.8 Å². The summed E-state index contributed by atoms with van der Waals surface area (Å²) in [5.74, 6) is -0.435. The molecule has 34 heavy (non-hydrogen) atoms. The Hall–Kier alpha value is -4.51. The van der Waals surface area contributed by atoms with Gasteiger partial charge in [0.25, 0.3) is 11.5 Å². The van der Waals surface area contributed by atoms with Crippen LogP contribution in [0.4, 0.5) is 10.1 Å². The van der Waals surface area contributed by atoms with Gasteiger partial charge in [-0.3, -0.25) is 14.6 Å². The van der Waals surface area contributed by atoms with Crippen LogP contribution in [0.25, 0.3) is 10.9 Å². The maximum absolute atomic E-state index is 13.3. The highest BCUT2D eigenvalue weighted by molar-refractivity contribution is 5.96. The fourth-order valence-electron chi connectivity index (χ4n) is 4.21. The molecule has 3 heterocycles. The Morgan fingerprint density at radius 2 is 1.79 bits per heavy atom. The summed E-state index contributed by atoms with van der Waals surface area (Å²) in [5.41, 5.74) is 2.06. The number of anilines is 1. The van der Waals surface area contributed by atoms with Crippen molar-refractivity contribution in [1.29, 1.82) is 5.26 Å². The van der Waals surface area contributed by atoms with E-state index in [1.807, 2.05) is 24.3 Å². The van der Waals surface area contributed by atoms with Crippen molar-refractivity contribution >= 4 is 22.5 Å². The Kier molecular flexibility index (Phi) is 5.52. The molecular formula is C26H20FN5O2. The quantitative estimate of drug-likeness (QED) is 0.500. The number of pyridine rings is 2. The lowest BCUT2D eigenvalue weighted by molar-refractivity contribution is 0.0625. The molecular weight excluding hydrogens is 433 g/mol. The Morgan fingerprint density at radius 3 is 2.50 bits per heavy atom. The van der Waals surface area contributed by atoms with Gasteiger partial charge in [0.1, 0.15) is 17.4 Å². The van der Waals surface area contributed by atoms with Crippen LogP contribution in [0.2, 0.25) is 0 Å². The molecule has 1 N–H and O–H groups in total. The Morgan fingerprint density at radius 1 is 1.09 bits per heavy atom. The standard InChI is InChI=1S/C26H20FN5O2/c27-19-7-5-17(6-8-19)14-32-23-4-2-1-3-21(23)24(22(13-28)26(32)34)30-20-15-31(16-20)25(33)18-9-11-29-12-10-18/h1-12,20,30H,14-16H2. The fourth-order valence-corrected chi connectivity index (χ4v) is 4.21. The zero-order valence-electron chi connectivity index (χ0n) is 18.1. The minimum atomic E-state index is -0.419. The molecule has 1 saturated heterocycles. The third kappa shape index (κ3) is 3.88. The van der Waals surface area contributed by atoms with Gasteiger partial charge >= 0.3 is 0 Å². The average Bonchev–Trinajstić information content (AvgIpc) is 2.84. The summed E-state index contributed by atoms with van der Waals surface area (Å²) >= 11 is 0. The lowest BCUT2D eigenvalue weighted by Crippen LogP contribution is -2.57. The van der Waals surface area contributed by atoms with Crippen LogP contribution in [0.15, 0.2) is 77.9 Å². The van der Waals surface area contributed by atoms with Crippen molar-refractivity contribution in [2.24, 2.45) is 0 Å². The number of nitriles is 1. The van der Waals surface area contributed by atoms with Gasteiger partial charge in [-0.1, -0.05) is 30.3 Å². The molecule has 0 bridgehead atoms. The van der Waals surface area contributed by atoms with Crippen LogP contribution in [0.3, 0.4) is 0 Å². The first-order chi connectivity index (χ1) is 16.5. The van der Waals surface area contributed by atoms with E-state index in [0.717, 1.165) is 10.9 Å². The number of nitrogens with zero attached hydrogens (tertiary/aromatic N) is 4. The van der Waals surface area contributed by atoms with Crippen LogP contribution >= 0.6 is 0 Å². The summed E-state index contributed by atoms with van der Waals surface area (Å²) < 4.78 is 14.9. The molecule has 0 spiro atoms. The topological polar surface area (TPSA) is 91.0 Å². The van der Waals surface area contributed by atoms with Gasteiger partial charge in [-0.2, -0.15) is 5.26 Å². The number of nitrogens with one attached hydrogen (secondary N) is 1. The summed E-state index contributed by atoms with van der Waals surface area (Å²) in [6.45, 7) is 1.13. The number of aromatic nitrogens is 2. The predicted octanol–water partition coefficient (Wildman–Crippen LogP) is 3.39. The normalized spacial score (nSPS) is 13.4. The number of rotatable bonds is 5. The zero-order chi connectivity index (χ0) is 23.7. The summed E-state index contributed by atoms with van der Waals surface area (Å²) in [4.78, 5) is 31.5. The molecule has 2 aromatic carbocycles. The average molecular weight is 453 g/mol. The lowest BCUT2D eigenvalue weighted by Gasteiger charge is -2.40. The molecule has 7 nitrogen and oxygen atoms in total. The van der Waals surface area contributed by atoms with E-state index in [1.54, 1.807) is 41.6 Å². The predicted molar refractivity (Wildman–Crippen MR) is 126 cm³/mol. The SMILES string of the molecule is N#Cc1c(NC2CN(C(=O)c3ccncc3)C2)c2ccccc2n(Cc2ccc(F)cc2)c1=O. The largest absolute Gasteiger partial charge is 0.377 e. The van der Waals surface area contributed by atoms with E-state index >= 15 is 0 Å². The summed E-state index contributed by atoms with van der Waals surface area (Å²) in [5, 5.41) is 13.9. The minimum absolute atomic E-state index is 0.0136. The lowest BCUT2D eigenvalue weighted by atomic mass is 10.0. The third-order valence-corrected chi connectivity index (χ3v) is 5.98. The number of benzene rings is 2. The third-order valence-electron chi connectivity index (χ3n) is 5.98. The maximum Gasteiger partial charge on any atom is 0.271 e. The van der Waals surface area contributed by atoms with Crippen LogP contribution < -0.4 is 10.9 Å². The fraction of sp³-hybridized carbons (Fsp3) is 0.154.